The fourth-order valence-electron chi connectivity index (χ4n) is 2.26. The van der Waals surface area contributed by atoms with E-state index in [4.69, 9.17) is 10.5 Å². The Balaban J connectivity index is 1.93. The Kier molecular flexibility index (Phi) is 3.11. The van der Waals surface area contributed by atoms with E-state index in [-0.39, 0.29) is 5.41 Å². The molecule has 3 rings (SSSR count). The molecule has 1 aliphatic carbocycles. The standard InChI is InChI=1S/C14H16BrN3O/c1-19-12-3-2-9(6-10(12)15)11-7-17-13(18-11)14(8-16)4-5-14/h2-3,6-7H,4-5,8,16H2,1H3,(H,17,18). The summed E-state index contributed by atoms with van der Waals surface area (Å²) in [6.07, 6.45) is 4.13. The van der Waals surface area contributed by atoms with Crippen LogP contribution in [0.2, 0.25) is 0 Å². The summed E-state index contributed by atoms with van der Waals surface area (Å²) in [6.45, 7) is 0.659. The number of halogens is 1. The molecule has 0 spiro atoms. The van der Waals surface area contributed by atoms with Gasteiger partial charge in [0.15, 0.2) is 0 Å². The summed E-state index contributed by atoms with van der Waals surface area (Å²) in [5.74, 6) is 1.83. The second kappa shape index (κ2) is 4.65. The second-order valence-corrected chi connectivity index (χ2v) is 5.83. The largest absolute Gasteiger partial charge is 0.496 e. The van der Waals surface area contributed by atoms with Gasteiger partial charge in [-0.15, -0.1) is 0 Å². The molecule has 4 nitrogen and oxygen atoms in total. The first-order chi connectivity index (χ1) is 9.18. The Labute approximate surface area is 120 Å². The highest BCUT2D eigenvalue weighted by Gasteiger charge is 2.45. The maximum Gasteiger partial charge on any atom is 0.133 e. The van der Waals surface area contributed by atoms with E-state index in [1.165, 1.54) is 0 Å². The molecule has 100 valence electrons. The average molecular weight is 322 g/mol. The van der Waals surface area contributed by atoms with Crippen molar-refractivity contribution < 1.29 is 4.74 Å². The summed E-state index contributed by atoms with van der Waals surface area (Å²) in [6, 6.07) is 5.98. The van der Waals surface area contributed by atoms with Crippen molar-refractivity contribution in [2.75, 3.05) is 13.7 Å². The molecule has 0 unspecified atom stereocenters. The number of aromatic nitrogens is 2. The van der Waals surface area contributed by atoms with Crippen molar-refractivity contribution in [2.45, 2.75) is 18.3 Å². The SMILES string of the molecule is COc1ccc(-c2cnc(C3(CN)CC3)[nH]2)cc1Br. The quantitative estimate of drug-likeness (QED) is 0.910. The zero-order valence-corrected chi connectivity index (χ0v) is 12.3. The number of nitrogens with zero attached hydrogens (tertiary/aromatic N) is 1. The summed E-state index contributed by atoms with van der Waals surface area (Å²) in [5.41, 5.74) is 8.02. The highest BCUT2D eigenvalue weighted by Crippen LogP contribution is 2.46. The topological polar surface area (TPSA) is 63.9 Å². The maximum absolute atomic E-state index is 5.83. The van der Waals surface area contributed by atoms with E-state index in [1.54, 1.807) is 7.11 Å². The Morgan fingerprint density at radius 3 is 2.84 bits per heavy atom. The summed E-state index contributed by atoms with van der Waals surface area (Å²) in [5, 5.41) is 0. The van der Waals surface area contributed by atoms with Crippen molar-refractivity contribution in [2.24, 2.45) is 5.73 Å². The number of nitrogens with one attached hydrogen (secondary N) is 1. The van der Waals surface area contributed by atoms with Crippen molar-refractivity contribution in [3.8, 4) is 17.0 Å². The van der Waals surface area contributed by atoms with Gasteiger partial charge in [-0.3, -0.25) is 0 Å². The van der Waals surface area contributed by atoms with Crippen LogP contribution in [0.25, 0.3) is 11.3 Å². The molecule has 1 fully saturated rings. The first kappa shape index (κ1) is 12.7. The van der Waals surface area contributed by atoms with Gasteiger partial charge in [0.05, 0.1) is 23.5 Å². The van der Waals surface area contributed by atoms with E-state index in [9.17, 15) is 0 Å². The van der Waals surface area contributed by atoms with Crippen molar-refractivity contribution in [3.05, 3.63) is 34.7 Å². The molecule has 1 heterocycles. The summed E-state index contributed by atoms with van der Waals surface area (Å²) >= 11 is 3.50. The highest BCUT2D eigenvalue weighted by molar-refractivity contribution is 9.10. The lowest BCUT2D eigenvalue weighted by Gasteiger charge is -2.08. The Bertz CT molecular complexity index is 604. The van der Waals surface area contributed by atoms with E-state index < -0.39 is 0 Å². The minimum Gasteiger partial charge on any atom is -0.496 e. The van der Waals surface area contributed by atoms with Crippen LogP contribution in [0.3, 0.4) is 0 Å². The van der Waals surface area contributed by atoms with Crippen molar-refractivity contribution in [3.63, 3.8) is 0 Å². The van der Waals surface area contributed by atoms with Crippen LogP contribution >= 0.6 is 15.9 Å². The zero-order valence-electron chi connectivity index (χ0n) is 10.7. The number of hydrogen-bond donors (Lipinski definition) is 2. The van der Waals surface area contributed by atoms with E-state index in [0.29, 0.717) is 6.54 Å². The third kappa shape index (κ3) is 2.17. The molecule has 2 aromatic rings. The van der Waals surface area contributed by atoms with Gasteiger partial charge in [0, 0.05) is 17.5 Å². The molecule has 3 N–H and O–H groups in total. The summed E-state index contributed by atoms with van der Waals surface area (Å²) < 4.78 is 6.17. The number of benzene rings is 1. The molecule has 0 radical (unpaired) electrons. The zero-order chi connectivity index (χ0) is 13.5. The number of rotatable bonds is 4. The van der Waals surface area contributed by atoms with Crippen LogP contribution in [0.1, 0.15) is 18.7 Å². The molecule has 0 atom stereocenters. The molecule has 0 aliphatic heterocycles. The van der Waals surface area contributed by atoms with Crippen LogP contribution in [0.4, 0.5) is 0 Å². The van der Waals surface area contributed by atoms with E-state index in [1.807, 2.05) is 24.4 Å². The summed E-state index contributed by atoms with van der Waals surface area (Å²) in [7, 11) is 1.66. The number of aromatic amines is 1. The monoisotopic (exact) mass is 321 g/mol. The van der Waals surface area contributed by atoms with Gasteiger partial charge < -0.3 is 15.5 Å². The molecule has 0 saturated heterocycles. The van der Waals surface area contributed by atoms with Gasteiger partial charge in [0.1, 0.15) is 11.6 Å². The molecule has 5 heteroatoms. The minimum atomic E-state index is 0.0992. The van der Waals surface area contributed by atoms with Crippen LogP contribution in [0, 0.1) is 0 Å². The molecule has 1 aromatic carbocycles. The first-order valence-electron chi connectivity index (χ1n) is 6.28. The van der Waals surface area contributed by atoms with Gasteiger partial charge in [-0.2, -0.15) is 0 Å². The molecule has 0 bridgehead atoms. The first-order valence-corrected chi connectivity index (χ1v) is 7.07. The predicted octanol–water partition coefficient (Wildman–Crippen LogP) is 2.84. The number of hydrogen-bond acceptors (Lipinski definition) is 3. The second-order valence-electron chi connectivity index (χ2n) is 4.98. The normalized spacial score (nSPS) is 16.4. The molecular formula is C14H16BrN3O. The average Bonchev–Trinajstić information content (AvgIpc) is 3.08. The number of nitrogens with two attached hydrogens (primary N) is 1. The lowest BCUT2D eigenvalue weighted by atomic mass is 10.1. The predicted molar refractivity (Wildman–Crippen MR) is 78.2 cm³/mol. The van der Waals surface area contributed by atoms with Gasteiger partial charge >= 0.3 is 0 Å². The van der Waals surface area contributed by atoms with Crippen molar-refractivity contribution in [1.82, 2.24) is 9.97 Å². The maximum atomic E-state index is 5.83. The van der Waals surface area contributed by atoms with Crippen LogP contribution in [-0.2, 0) is 5.41 Å². The molecule has 1 aromatic heterocycles. The smallest absolute Gasteiger partial charge is 0.133 e. The molecule has 1 aliphatic rings. The molecule has 19 heavy (non-hydrogen) atoms. The van der Waals surface area contributed by atoms with E-state index >= 15 is 0 Å². The number of imidazole rings is 1. The van der Waals surface area contributed by atoms with E-state index in [0.717, 1.165) is 40.1 Å². The molecule has 0 amide bonds. The van der Waals surface area contributed by atoms with Crippen LogP contribution in [0.5, 0.6) is 5.75 Å². The van der Waals surface area contributed by atoms with Gasteiger partial charge in [0.25, 0.3) is 0 Å². The highest BCUT2D eigenvalue weighted by atomic mass is 79.9. The van der Waals surface area contributed by atoms with Gasteiger partial charge in [-0.05, 0) is 47.0 Å². The fraction of sp³-hybridized carbons (Fsp3) is 0.357. The lowest BCUT2D eigenvalue weighted by molar-refractivity contribution is 0.412. The molecule has 1 saturated carbocycles. The minimum absolute atomic E-state index is 0.0992. The fourth-order valence-corrected chi connectivity index (χ4v) is 2.80. The number of H-pyrrole nitrogens is 1. The number of methoxy groups -OCH3 is 1. The van der Waals surface area contributed by atoms with Crippen LogP contribution in [0.15, 0.2) is 28.9 Å². The van der Waals surface area contributed by atoms with Gasteiger partial charge in [-0.1, -0.05) is 0 Å². The van der Waals surface area contributed by atoms with Crippen molar-refractivity contribution in [1.29, 1.82) is 0 Å². The Hall–Kier alpha value is -1.33. The molecular weight excluding hydrogens is 306 g/mol. The third-order valence-electron chi connectivity index (χ3n) is 3.79. The lowest BCUT2D eigenvalue weighted by Crippen LogP contribution is -2.21. The number of ether oxygens (including phenoxy) is 1. The van der Waals surface area contributed by atoms with Crippen LogP contribution < -0.4 is 10.5 Å². The van der Waals surface area contributed by atoms with Gasteiger partial charge in [0.2, 0.25) is 0 Å². The summed E-state index contributed by atoms with van der Waals surface area (Å²) in [4.78, 5) is 7.88. The van der Waals surface area contributed by atoms with E-state index in [2.05, 4.69) is 25.9 Å². The van der Waals surface area contributed by atoms with Gasteiger partial charge in [-0.25, -0.2) is 4.98 Å². The van der Waals surface area contributed by atoms with Crippen LogP contribution in [-0.4, -0.2) is 23.6 Å². The Morgan fingerprint density at radius 2 is 2.26 bits per heavy atom. The third-order valence-corrected chi connectivity index (χ3v) is 4.40. The Morgan fingerprint density at radius 1 is 1.47 bits per heavy atom. The van der Waals surface area contributed by atoms with Crippen molar-refractivity contribution >= 4 is 15.9 Å².